The lowest BCUT2D eigenvalue weighted by Gasteiger charge is -1.85. The lowest BCUT2D eigenvalue weighted by atomic mass is 10.4. The molecule has 0 unspecified atom stereocenters. The molecule has 4 nitrogen and oxygen atoms in total. The van der Waals surface area contributed by atoms with Gasteiger partial charge in [0.25, 0.3) is 0 Å². The van der Waals surface area contributed by atoms with Gasteiger partial charge >= 0.3 is 0 Å². The van der Waals surface area contributed by atoms with Gasteiger partial charge < -0.3 is 0 Å². The molecule has 0 aliphatic heterocycles. The smallest absolute Gasteiger partial charge is 0.191 e. The second-order valence-corrected chi connectivity index (χ2v) is 4.66. The van der Waals surface area contributed by atoms with Crippen LogP contribution in [-0.4, -0.2) is 20.2 Å². The van der Waals surface area contributed by atoms with Crippen LogP contribution >= 0.6 is 22.7 Å². The second kappa shape index (κ2) is 3.56. The molecule has 0 radical (unpaired) electrons. The Morgan fingerprint density at radius 3 is 2.93 bits per heavy atom. The summed E-state index contributed by atoms with van der Waals surface area (Å²) in [7, 11) is 0. The summed E-state index contributed by atoms with van der Waals surface area (Å²) in [6.07, 6.45) is 1.76. The Labute approximate surface area is 93.7 Å². The largest absolute Gasteiger partial charge is 0.257 e. The first-order valence-electron chi connectivity index (χ1n) is 4.29. The molecule has 0 aromatic carbocycles. The molecule has 0 atom stereocenters. The SMILES string of the molecule is c1csc(-c2n[nH]c(-c3nccs3)n2)c1. The normalized spacial score (nSPS) is 10.7. The Morgan fingerprint density at radius 1 is 1.20 bits per heavy atom. The summed E-state index contributed by atoms with van der Waals surface area (Å²) < 4.78 is 0. The van der Waals surface area contributed by atoms with Crippen molar-refractivity contribution in [3.05, 3.63) is 29.1 Å². The van der Waals surface area contributed by atoms with Crippen LogP contribution in [0.3, 0.4) is 0 Å². The topological polar surface area (TPSA) is 54.5 Å². The van der Waals surface area contributed by atoms with Crippen molar-refractivity contribution in [2.75, 3.05) is 0 Å². The van der Waals surface area contributed by atoms with Crippen molar-refractivity contribution in [3.8, 4) is 21.5 Å². The van der Waals surface area contributed by atoms with Crippen LogP contribution in [0.2, 0.25) is 0 Å². The summed E-state index contributed by atoms with van der Waals surface area (Å²) in [4.78, 5) is 9.62. The first-order valence-corrected chi connectivity index (χ1v) is 6.05. The predicted octanol–water partition coefficient (Wildman–Crippen LogP) is 2.66. The van der Waals surface area contributed by atoms with E-state index in [0.29, 0.717) is 0 Å². The van der Waals surface area contributed by atoms with Gasteiger partial charge in [-0.05, 0) is 11.4 Å². The minimum atomic E-state index is 0.730. The molecule has 0 spiro atoms. The van der Waals surface area contributed by atoms with Gasteiger partial charge in [-0.1, -0.05) is 6.07 Å². The van der Waals surface area contributed by atoms with Crippen molar-refractivity contribution >= 4 is 22.7 Å². The maximum atomic E-state index is 4.39. The highest BCUT2D eigenvalue weighted by molar-refractivity contribution is 7.13. The third kappa shape index (κ3) is 1.57. The molecular weight excluding hydrogens is 228 g/mol. The fourth-order valence-corrected chi connectivity index (χ4v) is 2.45. The molecule has 74 valence electrons. The first-order chi connectivity index (χ1) is 7.43. The Morgan fingerprint density at radius 2 is 2.20 bits per heavy atom. The third-order valence-corrected chi connectivity index (χ3v) is 3.51. The number of aromatic amines is 1. The Bertz CT molecular complexity index is 490. The number of hydrogen-bond donors (Lipinski definition) is 1. The minimum absolute atomic E-state index is 0.730. The highest BCUT2D eigenvalue weighted by Crippen LogP contribution is 2.24. The van der Waals surface area contributed by atoms with Gasteiger partial charge in [-0.2, -0.15) is 5.10 Å². The number of thiazole rings is 1. The zero-order chi connectivity index (χ0) is 10.1. The lowest BCUT2D eigenvalue weighted by molar-refractivity contribution is 1.10. The molecule has 0 aliphatic carbocycles. The third-order valence-electron chi connectivity index (χ3n) is 1.86. The van der Waals surface area contributed by atoms with Crippen molar-refractivity contribution in [1.82, 2.24) is 20.2 Å². The number of rotatable bonds is 2. The molecule has 3 heterocycles. The summed E-state index contributed by atoms with van der Waals surface area (Å²) in [5, 5.41) is 11.8. The zero-order valence-electron chi connectivity index (χ0n) is 7.54. The number of hydrogen-bond acceptors (Lipinski definition) is 5. The van der Waals surface area contributed by atoms with E-state index in [9.17, 15) is 0 Å². The van der Waals surface area contributed by atoms with Crippen LogP contribution < -0.4 is 0 Å². The van der Waals surface area contributed by atoms with Gasteiger partial charge in [0.2, 0.25) is 0 Å². The molecule has 0 saturated heterocycles. The quantitative estimate of drug-likeness (QED) is 0.741. The van der Waals surface area contributed by atoms with Gasteiger partial charge in [0, 0.05) is 11.6 Å². The number of nitrogens with zero attached hydrogens (tertiary/aromatic N) is 3. The highest BCUT2D eigenvalue weighted by Gasteiger charge is 2.09. The summed E-state index contributed by atoms with van der Waals surface area (Å²) in [5.74, 6) is 1.46. The van der Waals surface area contributed by atoms with Crippen molar-refractivity contribution in [2.45, 2.75) is 0 Å². The molecule has 3 aromatic heterocycles. The molecule has 1 N–H and O–H groups in total. The fourth-order valence-electron chi connectivity index (χ4n) is 1.21. The van der Waals surface area contributed by atoms with Crippen LogP contribution in [0.1, 0.15) is 0 Å². The molecule has 0 aliphatic rings. The van der Waals surface area contributed by atoms with Crippen molar-refractivity contribution in [2.24, 2.45) is 0 Å². The van der Waals surface area contributed by atoms with E-state index in [0.717, 1.165) is 21.5 Å². The van der Waals surface area contributed by atoms with Gasteiger partial charge in [-0.3, -0.25) is 5.10 Å². The van der Waals surface area contributed by atoms with E-state index in [2.05, 4.69) is 20.2 Å². The maximum absolute atomic E-state index is 4.39. The molecular formula is C9H6N4S2. The Balaban J connectivity index is 2.02. The van der Waals surface area contributed by atoms with Crippen LogP contribution in [0.5, 0.6) is 0 Å². The molecule has 15 heavy (non-hydrogen) atoms. The zero-order valence-corrected chi connectivity index (χ0v) is 9.18. The van der Waals surface area contributed by atoms with E-state index in [1.54, 1.807) is 28.9 Å². The standard InChI is InChI=1S/C9H6N4S2/c1-2-6(14-4-1)7-11-8(13-12-7)9-10-3-5-15-9/h1-5H,(H,11,12,13). The van der Waals surface area contributed by atoms with Crippen molar-refractivity contribution in [1.29, 1.82) is 0 Å². The first kappa shape index (κ1) is 8.75. The Hall–Kier alpha value is -1.53. The van der Waals surface area contributed by atoms with E-state index in [1.807, 2.05) is 22.9 Å². The van der Waals surface area contributed by atoms with Crippen molar-refractivity contribution < 1.29 is 0 Å². The Kier molecular flexibility index (Phi) is 2.08. The molecule has 3 aromatic rings. The van der Waals surface area contributed by atoms with Gasteiger partial charge in [-0.25, -0.2) is 9.97 Å². The van der Waals surface area contributed by atoms with E-state index < -0.39 is 0 Å². The molecule has 0 saturated carbocycles. The molecule has 0 fully saturated rings. The number of aromatic nitrogens is 4. The van der Waals surface area contributed by atoms with Gasteiger partial charge in [-0.15, -0.1) is 22.7 Å². The number of thiophene rings is 1. The summed E-state index contributed by atoms with van der Waals surface area (Å²) >= 11 is 3.17. The van der Waals surface area contributed by atoms with Crippen molar-refractivity contribution in [3.63, 3.8) is 0 Å². The van der Waals surface area contributed by atoms with Crippen LogP contribution in [0.4, 0.5) is 0 Å². The lowest BCUT2D eigenvalue weighted by Crippen LogP contribution is -1.77. The van der Waals surface area contributed by atoms with Crippen LogP contribution in [0.25, 0.3) is 21.5 Å². The summed E-state index contributed by atoms with van der Waals surface area (Å²) in [5.41, 5.74) is 0. The average molecular weight is 234 g/mol. The van der Waals surface area contributed by atoms with Gasteiger partial charge in [0.1, 0.15) is 0 Å². The highest BCUT2D eigenvalue weighted by atomic mass is 32.1. The van der Waals surface area contributed by atoms with E-state index in [-0.39, 0.29) is 0 Å². The predicted molar refractivity (Wildman–Crippen MR) is 60.8 cm³/mol. The van der Waals surface area contributed by atoms with E-state index >= 15 is 0 Å². The molecule has 6 heteroatoms. The molecule has 0 amide bonds. The van der Waals surface area contributed by atoms with Crippen LogP contribution in [0, 0.1) is 0 Å². The number of nitrogens with one attached hydrogen (secondary N) is 1. The molecule has 3 rings (SSSR count). The van der Waals surface area contributed by atoms with Crippen LogP contribution in [-0.2, 0) is 0 Å². The van der Waals surface area contributed by atoms with E-state index in [1.165, 1.54) is 0 Å². The van der Waals surface area contributed by atoms with Gasteiger partial charge in [0.05, 0.1) is 4.88 Å². The second-order valence-electron chi connectivity index (χ2n) is 2.82. The van der Waals surface area contributed by atoms with E-state index in [4.69, 9.17) is 0 Å². The molecule has 0 bridgehead atoms. The number of H-pyrrole nitrogens is 1. The van der Waals surface area contributed by atoms with Gasteiger partial charge in [0.15, 0.2) is 16.7 Å². The summed E-state index contributed by atoms with van der Waals surface area (Å²) in [6, 6.07) is 3.99. The van der Waals surface area contributed by atoms with Crippen LogP contribution in [0.15, 0.2) is 29.1 Å². The average Bonchev–Trinajstić information content (AvgIpc) is 3.02. The minimum Gasteiger partial charge on any atom is -0.257 e. The monoisotopic (exact) mass is 234 g/mol. The maximum Gasteiger partial charge on any atom is 0.191 e. The summed E-state index contributed by atoms with van der Waals surface area (Å²) in [6.45, 7) is 0. The fraction of sp³-hybridized carbons (Fsp3) is 0.